The summed E-state index contributed by atoms with van der Waals surface area (Å²) in [5, 5.41) is 12.8. The van der Waals surface area contributed by atoms with Crippen molar-refractivity contribution in [2.45, 2.75) is 45.4 Å². The number of benzene rings is 1. The predicted molar refractivity (Wildman–Crippen MR) is 95.8 cm³/mol. The van der Waals surface area contributed by atoms with Crippen LogP contribution in [-0.2, 0) is 11.2 Å². The zero-order valence-corrected chi connectivity index (χ0v) is 15.0. The van der Waals surface area contributed by atoms with Gasteiger partial charge >= 0.3 is 0 Å². The van der Waals surface area contributed by atoms with E-state index in [0.29, 0.717) is 30.0 Å². The van der Waals surface area contributed by atoms with Crippen molar-refractivity contribution in [1.29, 1.82) is 5.26 Å². The van der Waals surface area contributed by atoms with Crippen molar-refractivity contribution in [3.8, 4) is 6.07 Å². The van der Waals surface area contributed by atoms with E-state index in [9.17, 15) is 14.4 Å². The van der Waals surface area contributed by atoms with Crippen LogP contribution in [0.15, 0.2) is 24.4 Å². The first-order valence-electron chi connectivity index (χ1n) is 8.45. The molecule has 1 aromatic heterocycles. The molecule has 1 heterocycles. The number of rotatable bonds is 4. The number of halogens is 1. The molecule has 1 amide bonds. The lowest BCUT2D eigenvalue weighted by molar-refractivity contribution is -0.124. The van der Waals surface area contributed by atoms with Gasteiger partial charge in [-0.25, -0.2) is 9.37 Å². The third-order valence-electron chi connectivity index (χ3n) is 4.74. The number of thiazole rings is 1. The average Bonchev–Trinajstić information content (AvgIpc) is 3.05. The van der Waals surface area contributed by atoms with Gasteiger partial charge in [-0.2, -0.15) is 5.26 Å². The highest BCUT2D eigenvalue weighted by Gasteiger charge is 2.40. The lowest BCUT2D eigenvalue weighted by Gasteiger charge is -2.28. The van der Waals surface area contributed by atoms with Crippen molar-refractivity contribution in [2.24, 2.45) is 5.41 Å². The van der Waals surface area contributed by atoms with Crippen LogP contribution in [0.25, 0.3) is 0 Å². The van der Waals surface area contributed by atoms with Crippen LogP contribution in [0.3, 0.4) is 0 Å². The summed E-state index contributed by atoms with van der Waals surface area (Å²) in [6.45, 7) is 1.73. The molecular formula is C19H20FN3OS. The van der Waals surface area contributed by atoms with E-state index in [2.05, 4.69) is 16.4 Å². The Kier molecular flexibility index (Phi) is 5.14. The number of carbonyl (C=O) groups is 1. The minimum absolute atomic E-state index is 0.219. The van der Waals surface area contributed by atoms with Crippen LogP contribution >= 0.6 is 11.3 Å². The predicted octanol–water partition coefficient (Wildman–Crippen LogP) is 4.59. The van der Waals surface area contributed by atoms with Crippen LogP contribution in [0.5, 0.6) is 0 Å². The molecule has 130 valence electrons. The van der Waals surface area contributed by atoms with E-state index in [-0.39, 0.29) is 11.7 Å². The number of hydrogen-bond acceptors (Lipinski definition) is 4. The van der Waals surface area contributed by atoms with Gasteiger partial charge in [0.15, 0.2) is 5.13 Å². The second-order valence-corrected chi connectivity index (χ2v) is 7.72. The minimum atomic E-state index is -0.926. The van der Waals surface area contributed by atoms with Gasteiger partial charge in [0.1, 0.15) is 11.2 Å². The molecule has 1 N–H and O–H groups in total. The van der Waals surface area contributed by atoms with Crippen molar-refractivity contribution < 1.29 is 9.18 Å². The lowest BCUT2D eigenvalue weighted by atomic mass is 9.74. The number of hydrogen-bond donors (Lipinski definition) is 1. The summed E-state index contributed by atoms with van der Waals surface area (Å²) in [6, 6.07) is 7.40. The summed E-state index contributed by atoms with van der Waals surface area (Å²) in [5.74, 6) is -0.471. The van der Waals surface area contributed by atoms with Gasteiger partial charge in [0.25, 0.3) is 0 Å². The minimum Gasteiger partial charge on any atom is -0.301 e. The Labute approximate surface area is 150 Å². The Bertz CT molecular complexity index is 818. The maximum Gasteiger partial charge on any atom is 0.246 e. The molecule has 1 fully saturated rings. The fourth-order valence-electron chi connectivity index (χ4n) is 3.16. The molecule has 4 nitrogen and oxygen atoms in total. The van der Waals surface area contributed by atoms with E-state index in [1.807, 2.05) is 6.07 Å². The summed E-state index contributed by atoms with van der Waals surface area (Å²) in [4.78, 5) is 17.7. The molecule has 2 aromatic rings. The first-order valence-corrected chi connectivity index (χ1v) is 9.26. The molecule has 1 saturated carbocycles. The Morgan fingerprint density at radius 2 is 2.16 bits per heavy atom. The van der Waals surface area contributed by atoms with E-state index < -0.39 is 5.41 Å². The van der Waals surface area contributed by atoms with Gasteiger partial charge in [-0.1, -0.05) is 31.4 Å². The number of nitriles is 1. The maximum absolute atomic E-state index is 13.6. The van der Waals surface area contributed by atoms with Crippen molar-refractivity contribution >= 4 is 22.4 Å². The molecule has 0 bridgehead atoms. The Hall–Kier alpha value is -2.26. The smallest absolute Gasteiger partial charge is 0.246 e. The molecule has 25 heavy (non-hydrogen) atoms. The number of nitrogens with one attached hydrogen (secondary N) is 1. The summed E-state index contributed by atoms with van der Waals surface area (Å²) < 4.78 is 13.6. The third-order valence-corrected chi connectivity index (χ3v) is 5.66. The average molecular weight is 357 g/mol. The van der Waals surface area contributed by atoms with Gasteiger partial charge in [0.05, 0.1) is 6.07 Å². The molecule has 0 aliphatic heterocycles. The Balaban J connectivity index is 1.68. The maximum atomic E-state index is 13.6. The van der Waals surface area contributed by atoms with E-state index in [1.54, 1.807) is 19.2 Å². The number of anilines is 1. The number of aryl methyl sites for hydroxylation is 1. The van der Waals surface area contributed by atoms with Gasteiger partial charge < -0.3 is 5.32 Å². The van der Waals surface area contributed by atoms with Crippen molar-refractivity contribution in [3.05, 3.63) is 46.2 Å². The second-order valence-electron chi connectivity index (χ2n) is 6.60. The molecule has 6 heteroatoms. The van der Waals surface area contributed by atoms with Crippen molar-refractivity contribution in [3.63, 3.8) is 0 Å². The molecular weight excluding hydrogens is 337 g/mol. The van der Waals surface area contributed by atoms with Crippen molar-refractivity contribution in [2.75, 3.05) is 5.32 Å². The summed E-state index contributed by atoms with van der Waals surface area (Å²) in [6.07, 6.45) is 6.36. The third kappa shape index (κ3) is 3.88. The molecule has 1 aliphatic carbocycles. The van der Waals surface area contributed by atoms with E-state index in [1.165, 1.54) is 17.4 Å². The van der Waals surface area contributed by atoms with Crippen LogP contribution < -0.4 is 5.32 Å². The van der Waals surface area contributed by atoms with E-state index in [4.69, 9.17) is 0 Å². The lowest BCUT2D eigenvalue weighted by Crippen LogP contribution is -2.36. The van der Waals surface area contributed by atoms with E-state index in [0.717, 1.165) is 29.7 Å². The second kappa shape index (κ2) is 7.32. The van der Waals surface area contributed by atoms with Gasteiger partial charge in [-0.3, -0.25) is 4.79 Å². The van der Waals surface area contributed by atoms with Crippen LogP contribution in [0, 0.1) is 29.5 Å². The van der Waals surface area contributed by atoms with Crippen molar-refractivity contribution in [1.82, 2.24) is 4.98 Å². The number of amides is 1. The number of aromatic nitrogens is 1. The van der Waals surface area contributed by atoms with Gasteiger partial charge in [0, 0.05) is 17.5 Å². The van der Waals surface area contributed by atoms with Crippen LogP contribution in [0.2, 0.25) is 0 Å². The van der Waals surface area contributed by atoms with Crippen LogP contribution in [0.4, 0.5) is 9.52 Å². The molecule has 0 unspecified atom stereocenters. The molecule has 0 spiro atoms. The SMILES string of the molecule is Cc1ccc(Cc2cnc(NC(=O)C3(C#N)CCCCC3)s2)cc1F. The first kappa shape index (κ1) is 17.6. The molecule has 0 radical (unpaired) electrons. The molecule has 0 saturated heterocycles. The normalized spacial score (nSPS) is 16.2. The highest BCUT2D eigenvalue weighted by atomic mass is 32.1. The van der Waals surface area contributed by atoms with Crippen LogP contribution in [-0.4, -0.2) is 10.9 Å². The standard InChI is InChI=1S/C19H20FN3OS/c1-13-5-6-14(10-16(13)20)9-15-11-22-18(25-15)23-17(24)19(12-21)7-3-2-4-8-19/h5-6,10-11H,2-4,7-9H2,1H3,(H,22,23,24). The zero-order chi connectivity index (χ0) is 17.9. The highest BCUT2D eigenvalue weighted by Crippen LogP contribution is 2.37. The molecule has 3 rings (SSSR count). The molecule has 0 atom stereocenters. The fraction of sp³-hybridized carbons (Fsp3) is 0.421. The summed E-state index contributed by atoms with van der Waals surface area (Å²) in [5.41, 5.74) is 0.560. The Morgan fingerprint density at radius 3 is 2.84 bits per heavy atom. The van der Waals surface area contributed by atoms with Gasteiger partial charge in [0.2, 0.25) is 5.91 Å². The van der Waals surface area contributed by atoms with Gasteiger partial charge in [-0.15, -0.1) is 11.3 Å². The van der Waals surface area contributed by atoms with Crippen LogP contribution in [0.1, 0.15) is 48.1 Å². The quantitative estimate of drug-likeness (QED) is 0.870. The summed E-state index contributed by atoms with van der Waals surface area (Å²) >= 11 is 1.36. The highest BCUT2D eigenvalue weighted by molar-refractivity contribution is 7.15. The Morgan fingerprint density at radius 1 is 1.40 bits per heavy atom. The molecule has 1 aliphatic rings. The monoisotopic (exact) mass is 357 g/mol. The fourth-order valence-corrected chi connectivity index (χ4v) is 4.00. The van der Waals surface area contributed by atoms with E-state index >= 15 is 0 Å². The molecule has 1 aromatic carbocycles. The largest absolute Gasteiger partial charge is 0.301 e. The number of nitrogens with zero attached hydrogens (tertiary/aromatic N) is 2. The number of carbonyl (C=O) groups excluding carboxylic acids is 1. The summed E-state index contributed by atoms with van der Waals surface area (Å²) in [7, 11) is 0. The zero-order valence-electron chi connectivity index (χ0n) is 14.1. The first-order chi connectivity index (χ1) is 12.0. The topological polar surface area (TPSA) is 65.8 Å². The van der Waals surface area contributed by atoms with Gasteiger partial charge in [-0.05, 0) is 37.0 Å².